The quantitative estimate of drug-likeness (QED) is 0.525. The van der Waals surface area contributed by atoms with E-state index in [1.807, 2.05) is 52.0 Å². The van der Waals surface area contributed by atoms with Crippen molar-refractivity contribution in [1.29, 1.82) is 0 Å². The van der Waals surface area contributed by atoms with E-state index in [1.54, 1.807) is 0 Å². The van der Waals surface area contributed by atoms with E-state index in [9.17, 15) is 0 Å². The normalized spacial score (nSPS) is 19.2. The Morgan fingerprint density at radius 1 is 1.05 bits per heavy atom. The van der Waals surface area contributed by atoms with Crippen molar-refractivity contribution in [2.75, 3.05) is 6.61 Å². The molecule has 0 saturated carbocycles. The van der Waals surface area contributed by atoms with Gasteiger partial charge in [-0.3, -0.25) is 0 Å². The van der Waals surface area contributed by atoms with E-state index in [-0.39, 0.29) is 24.9 Å². The second-order valence-electron chi connectivity index (χ2n) is 6.34. The standard InChI is InChI=1S/C17H23BO3/c1-16(2)17(3,4)21-18(20-16)15-11-9-14(10-12-15)8-6-5-7-13-19/h9-12,19H,5,7,13H2,1-4H3. The molecule has 21 heavy (non-hydrogen) atoms. The fourth-order valence-electron chi connectivity index (χ4n) is 2.03. The van der Waals surface area contributed by atoms with Crippen LogP contribution in [0.25, 0.3) is 0 Å². The van der Waals surface area contributed by atoms with Crippen LogP contribution in [-0.4, -0.2) is 30.0 Å². The van der Waals surface area contributed by atoms with E-state index in [1.165, 1.54) is 0 Å². The maximum atomic E-state index is 8.71. The first-order valence-corrected chi connectivity index (χ1v) is 7.41. The summed E-state index contributed by atoms with van der Waals surface area (Å²) >= 11 is 0. The van der Waals surface area contributed by atoms with Gasteiger partial charge in [0.2, 0.25) is 0 Å². The summed E-state index contributed by atoms with van der Waals surface area (Å²) in [6.07, 6.45) is 1.44. The molecule has 0 aliphatic carbocycles. The molecule has 1 aromatic rings. The molecule has 1 aliphatic rings. The fraction of sp³-hybridized carbons (Fsp3) is 0.529. The Balaban J connectivity index is 2.05. The van der Waals surface area contributed by atoms with Crippen LogP contribution in [0.3, 0.4) is 0 Å². The monoisotopic (exact) mass is 286 g/mol. The van der Waals surface area contributed by atoms with Crippen molar-refractivity contribution in [2.45, 2.75) is 51.7 Å². The lowest BCUT2D eigenvalue weighted by atomic mass is 9.79. The Bertz CT molecular complexity index is 521. The summed E-state index contributed by atoms with van der Waals surface area (Å²) in [5.41, 5.74) is 1.34. The number of aliphatic hydroxyl groups is 1. The van der Waals surface area contributed by atoms with Gasteiger partial charge in [-0.1, -0.05) is 24.0 Å². The number of aliphatic hydroxyl groups excluding tert-OH is 1. The molecule has 0 amide bonds. The summed E-state index contributed by atoms with van der Waals surface area (Å²) in [5, 5.41) is 8.71. The van der Waals surface area contributed by atoms with Gasteiger partial charge in [-0.05, 0) is 51.7 Å². The van der Waals surface area contributed by atoms with Gasteiger partial charge in [-0.25, -0.2) is 0 Å². The Hall–Kier alpha value is -1.28. The minimum Gasteiger partial charge on any atom is -0.399 e. The fourth-order valence-corrected chi connectivity index (χ4v) is 2.03. The van der Waals surface area contributed by atoms with Crippen molar-refractivity contribution < 1.29 is 14.4 Å². The lowest BCUT2D eigenvalue weighted by molar-refractivity contribution is 0.00578. The van der Waals surface area contributed by atoms with Crippen LogP contribution in [0.1, 0.15) is 46.1 Å². The average Bonchev–Trinajstić information content (AvgIpc) is 2.64. The van der Waals surface area contributed by atoms with Gasteiger partial charge in [0.15, 0.2) is 0 Å². The molecule has 1 heterocycles. The molecule has 0 spiro atoms. The van der Waals surface area contributed by atoms with Crippen LogP contribution in [-0.2, 0) is 9.31 Å². The van der Waals surface area contributed by atoms with E-state index >= 15 is 0 Å². The highest BCUT2D eigenvalue weighted by Gasteiger charge is 2.51. The van der Waals surface area contributed by atoms with Crippen molar-refractivity contribution in [2.24, 2.45) is 0 Å². The number of unbranched alkanes of at least 4 members (excludes halogenated alkanes) is 1. The first-order chi connectivity index (χ1) is 9.86. The first kappa shape index (κ1) is 16.1. The topological polar surface area (TPSA) is 38.7 Å². The second-order valence-corrected chi connectivity index (χ2v) is 6.34. The van der Waals surface area contributed by atoms with Crippen LogP contribution in [0.2, 0.25) is 0 Å². The van der Waals surface area contributed by atoms with E-state index in [4.69, 9.17) is 14.4 Å². The highest BCUT2D eigenvalue weighted by atomic mass is 16.7. The Morgan fingerprint density at radius 3 is 2.14 bits per heavy atom. The highest BCUT2D eigenvalue weighted by molar-refractivity contribution is 6.62. The smallest absolute Gasteiger partial charge is 0.399 e. The van der Waals surface area contributed by atoms with Gasteiger partial charge in [0, 0.05) is 18.6 Å². The molecule has 1 N–H and O–H groups in total. The molecule has 2 rings (SSSR count). The molecule has 0 aromatic heterocycles. The van der Waals surface area contributed by atoms with Crippen LogP contribution < -0.4 is 5.46 Å². The number of rotatable bonds is 3. The lowest BCUT2D eigenvalue weighted by Crippen LogP contribution is -2.41. The van der Waals surface area contributed by atoms with Crippen LogP contribution in [0, 0.1) is 11.8 Å². The minimum atomic E-state index is -0.327. The van der Waals surface area contributed by atoms with Crippen molar-refractivity contribution in [3.63, 3.8) is 0 Å². The zero-order valence-electron chi connectivity index (χ0n) is 13.3. The van der Waals surface area contributed by atoms with Gasteiger partial charge in [0.25, 0.3) is 0 Å². The molecular weight excluding hydrogens is 263 g/mol. The lowest BCUT2D eigenvalue weighted by Gasteiger charge is -2.32. The number of benzene rings is 1. The zero-order valence-corrected chi connectivity index (χ0v) is 13.3. The maximum Gasteiger partial charge on any atom is 0.494 e. The first-order valence-electron chi connectivity index (χ1n) is 7.41. The van der Waals surface area contributed by atoms with Crippen LogP contribution >= 0.6 is 0 Å². The molecule has 1 fully saturated rings. The van der Waals surface area contributed by atoms with E-state index < -0.39 is 0 Å². The second kappa shape index (κ2) is 6.23. The summed E-state index contributed by atoms with van der Waals surface area (Å²) in [6, 6.07) is 7.95. The maximum absolute atomic E-state index is 8.71. The SMILES string of the molecule is CC1(C)OB(c2ccc(C#CCCCO)cc2)OC1(C)C. The molecule has 0 radical (unpaired) electrons. The largest absolute Gasteiger partial charge is 0.494 e. The van der Waals surface area contributed by atoms with Gasteiger partial charge in [0.05, 0.1) is 11.2 Å². The van der Waals surface area contributed by atoms with Gasteiger partial charge in [-0.15, -0.1) is 0 Å². The van der Waals surface area contributed by atoms with Crippen molar-refractivity contribution >= 4 is 12.6 Å². The van der Waals surface area contributed by atoms with Crippen LogP contribution in [0.4, 0.5) is 0 Å². The molecule has 1 aliphatic heterocycles. The van der Waals surface area contributed by atoms with Gasteiger partial charge < -0.3 is 14.4 Å². The van der Waals surface area contributed by atoms with E-state index in [0.29, 0.717) is 0 Å². The Kier molecular flexibility index (Phi) is 4.78. The van der Waals surface area contributed by atoms with Crippen molar-refractivity contribution in [1.82, 2.24) is 0 Å². The predicted octanol–water partition coefficient (Wildman–Crippen LogP) is 2.11. The van der Waals surface area contributed by atoms with Gasteiger partial charge in [-0.2, -0.15) is 0 Å². The van der Waals surface area contributed by atoms with E-state index in [2.05, 4.69) is 11.8 Å². The summed E-state index contributed by atoms with van der Waals surface area (Å²) in [6.45, 7) is 8.39. The van der Waals surface area contributed by atoms with Crippen LogP contribution in [0.15, 0.2) is 24.3 Å². The molecule has 0 atom stereocenters. The van der Waals surface area contributed by atoms with Crippen LogP contribution in [0.5, 0.6) is 0 Å². The zero-order chi connectivity index (χ0) is 15.5. The van der Waals surface area contributed by atoms with Crippen molar-refractivity contribution in [3.8, 4) is 11.8 Å². The summed E-state index contributed by atoms with van der Waals surface area (Å²) in [7, 11) is -0.327. The number of hydrogen-bond acceptors (Lipinski definition) is 3. The third kappa shape index (κ3) is 3.68. The molecular formula is C17H23BO3. The number of hydrogen-bond donors (Lipinski definition) is 1. The summed E-state index contributed by atoms with van der Waals surface area (Å²) in [4.78, 5) is 0. The third-order valence-corrected chi connectivity index (χ3v) is 4.13. The molecule has 3 nitrogen and oxygen atoms in total. The third-order valence-electron chi connectivity index (χ3n) is 4.13. The Labute approximate surface area is 127 Å². The van der Waals surface area contributed by atoms with Crippen molar-refractivity contribution in [3.05, 3.63) is 29.8 Å². The average molecular weight is 286 g/mol. The highest BCUT2D eigenvalue weighted by Crippen LogP contribution is 2.36. The summed E-state index contributed by atoms with van der Waals surface area (Å²) < 4.78 is 12.0. The Morgan fingerprint density at radius 2 is 1.62 bits per heavy atom. The molecule has 112 valence electrons. The minimum absolute atomic E-state index is 0.190. The van der Waals surface area contributed by atoms with Gasteiger partial charge >= 0.3 is 7.12 Å². The van der Waals surface area contributed by atoms with Gasteiger partial charge in [0.1, 0.15) is 0 Å². The molecule has 1 aromatic carbocycles. The van der Waals surface area contributed by atoms with E-state index in [0.717, 1.165) is 23.9 Å². The molecule has 0 bridgehead atoms. The predicted molar refractivity (Wildman–Crippen MR) is 85.4 cm³/mol. The molecule has 0 unspecified atom stereocenters. The summed E-state index contributed by atoms with van der Waals surface area (Å²) in [5.74, 6) is 6.13. The molecule has 1 saturated heterocycles. The molecule has 4 heteroatoms.